The zero-order chi connectivity index (χ0) is 17.5. The van der Waals surface area contributed by atoms with E-state index in [9.17, 15) is 9.18 Å². The molecule has 4 heteroatoms. The van der Waals surface area contributed by atoms with Gasteiger partial charge in [-0.2, -0.15) is 0 Å². The van der Waals surface area contributed by atoms with Crippen LogP contribution in [0.25, 0.3) is 0 Å². The third kappa shape index (κ3) is 5.13. The summed E-state index contributed by atoms with van der Waals surface area (Å²) in [7, 11) is 0. The molecule has 1 N–H and O–H groups in total. The van der Waals surface area contributed by atoms with Crippen LogP contribution in [0.4, 0.5) is 4.39 Å². The summed E-state index contributed by atoms with van der Waals surface area (Å²) in [5.41, 5.74) is 2.10. The number of carbonyl (C=O) groups is 1. The molecule has 1 aliphatic heterocycles. The second-order valence-corrected chi connectivity index (χ2v) is 6.60. The Hall–Kier alpha value is -2.20. The summed E-state index contributed by atoms with van der Waals surface area (Å²) in [6, 6.07) is 17.0. The Morgan fingerprint density at radius 1 is 1.08 bits per heavy atom. The average molecular weight is 340 g/mol. The summed E-state index contributed by atoms with van der Waals surface area (Å²) in [6.07, 6.45) is 3.38. The molecule has 3 nitrogen and oxygen atoms in total. The molecule has 0 aliphatic carbocycles. The van der Waals surface area contributed by atoms with Gasteiger partial charge >= 0.3 is 0 Å². The number of hydrogen-bond acceptors (Lipinski definition) is 2. The van der Waals surface area contributed by atoms with E-state index < -0.39 is 0 Å². The maximum Gasteiger partial charge on any atom is 0.220 e. The first-order valence-electron chi connectivity index (χ1n) is 9.02. The van der Waals surface area contributed by atoms with E-state index in [0.29, 0.717) is 19.4 Å². The van der Waals surface area contributed by atoms with Crippen molar-refractivity contribution in [1.29, 1.82) is 0 Å². The number of rotatable bonds is 7. The lowest BCUT2D eigenvalue weighted by Crippen LogP contribution is -2.36. The van der Waals surface area contributed by atoms with Gasteiger partial charge in [-0.25, -0.2) is 4.39 Å². The lowest BCUT2D eigenvalue weighted by atomic mass is 10.1. The van der Waals surface area contributed by atoms with Gasteiger partial charge < -0.3 is 5.32 Å². The van der Waals surface area contributed by atoms with Crippen molar-refractivity contribution in [3.8, 4) is 0 Å². The van der Waals surface area contributed by atoms with Gasteiger partial charge in [-0.15, -0.1) is 0 Å². The average Bonchev–Trinajstić information content (AvgIpc) is 3.15. The van der Waals surface area contributed by atoms with E-state index in [2.05, 4.69) is 22.3 Å². The number of aryl methyl sites for hydroxylation is 1. The maximum absolute atomic E-state index is 13.2. The van der Waals surface area contributed by atoms with Crippen LogP contribution in [0.1, 0.15) is 36.4 Å². The molecule has 1 fully saturated rings. The fourth-order valence-corrected chi connectivity index (χ4v) is 3.44. The predicted octanol–water partition coefficient (Wildman–Crippen LogP) is 3.71. The predicted molar refractivity (Wildman–Crippen MR) is 97.7 cm³/mol. The lowest BCUT2D eigenvalue weighted by Gasteiger charge is -2.28. The number of carbonyl (C=O) groups excluding carboxylic acids is 1. The summed E-state index contributed by atoms with van der Waals surface area (Å²) in [4.78, 5) is 14.7. The van der Waals surface area contributed by atoms with Gasteiger partial charge in [-0.1, -0.05) is 42.5 Å². The topological polar surface area (TPSA) is 32.3 Å². The van der Waals surface area contributed by atoms with Crippen LogP contribution < -0.4 is 5.32 Å². The molecule has 1 heterocycles. The lowest BCUT2D eigenvalue weighted by molar-refractivity contribution is -0.121. The molecule has 0 radical (unpaired) electrons. The van der Waals surface area contributed by atoms with Crippen molar-refractivity contribution in [1.82, 2.24) is 10.2 Å². The van der Waals surface area contributed by atoms with E-state index >= 15 is 0 Å². The molecule has 1 aliphatic rings. The first-order valence-corrected chi connectivity index (χ1v) is 9.02. The summed E-state index contributed by atoms with van der Waals surface area (Å²) in [6.45, 7) is 2.78. The molecule has 1 unspecified atom stereocenters. The molecule has 3 rings (SSSR count). The van der Waals surface area contributed by atoms with E-state index in [-0.39, 0.29) is 17.8 Å². The van der Waals surface area contributed by atoms with Crippen LogP contribution in [0.5, 0.6) is 0 Å². The number of nitrogens with one attached hydrogen (secondary N) is 1. The quantitative estimate of drug-likeness (QED) is 0.833. The second-order valence-electron chi connectivity index (χ2n) is 6.60. The monoisotopic (exact) mass is 340 g/mol. The van der Waals surface area contributed by atoms with Gasteiger partial charge in [-0.3, -0.25) is 9.69 Å². The fourth-order valence-electron chi connectivity index (χ4n) is 3.44. The molecule has 25 heavy (non-hydrogen) atoms. The molecular formula is C21H25FN2O. The maximum atomic E-state index is 13.2. The first kappa shape index (κ1) is 17.6. The van der Waals surface area contributed by atoms with Gasteiger partial charge in [0.05, 0.1) is 6.04 Å². The minimum Gasteiger partial charge on any atom is -0.354 e. The Kier molecular flexibility index (Phi) is 6.18. The van der Waals surface area contributed by atoms with Crippen molar-refractivity contribution in [3.63, 3.8) is 0 Å². The Bertz CT molecular complexity index is 683. The van der Waals surface area contributed by atoms with Crippen molar-refractivity contribution >= 4 is 5.91 Å². The molecule has 0 saturated carbocycles. The highest BCUT2D eigenvalue weighted by atomic mass is 19.1. The number of likely N-dealkylation sites (tertiary alicyclic amines) is 1. The first-order chi connectivity index (χ1) is 12.2. The van der Waals surface area contributed by atoms with Gasteiger partial charge in [-0.05, 0) is 55.6 Å². The SMILES string of the molecule is O=C(CCc1cccc(F)c1)NCC(c1ccccc1)N1CCCC1. The third-order valence-corrected chi connectivity index (χ3v) is 4.79. The van der Waals surface area contributed by atoms with E-state index in [1.54, 1.807) is 6.07 Å². The molecule has 2 aromatic rings. The summed E-state index contributed by atoms with van der Waals surface area (Å²) < 4.78 is 13.2. The van der Waals surface area contributed by atoms with E-state index in [4.69, 9.17) is 0 Å². The minimum atomic E-state index is -0.254. The van der Waals surface area contributed by atoms with Crippen molar-refractivity contribution in [2.75, 3.05) is 19.6 Å². The molecule has 132 valence electrons. The largest absolute Gasteiger partial charge is 0.354 e. The van der Waals surface area contributed by atoms with E-state index in [1.165, 1.54) is 30.5 Å². The van der Waals surface area contributed by atoms with E-state index in [0.717, 1.165) is 18.7 Å². The molecule has 1 atom stereocenters. The summed E-state index contributed by atoms with van der Waals surface area (Å²) in [5.74, 6) is -0.236. The van der Waals surface area contributed by atoms with Gasteiger partial charge in [0.15, 0.2) is 0 Å². The van der Waals surface area contributed by atoms with Gasteiger partial charge in [0.25, 0.3) is 0 Å². The van der Waals surface area contributed by atoms with Crippen molar-refractivity contribution in [2.24, 2.45) is 0 Å². The Morgan fingerprint density at radius 3 is 2.56 bits per heavy atom. The highest BCUT2D eigenvalue weighted by Crippen LogP contribution is 2.24. The number of hydrogen-bond donors (Lipinski definition) is 1. The number of halogens is 1. The molecular weight excluding hydrogens is 315 g/mol. The molecule has 1 amide bonds. The highest BCUT2D eigenvalue weighted by molar-refractivity contribution is 5.76. The van der Waals surface area contributed by atoms with Crippen LogP contribution in [-0.4, -0.2) is 30.4 Å². The van der Waals surface area contributed by atoms with Crippen molar-refractivity contribution < 1.29 is 9.18 Å². The Morgan fingerprint density at radius 2 is 1.84 bits per heavy atom. The zero-order valence-electron chi connectivity index (χ0n) is 14.5. The fraction of sp³-hybridized carbons (Fsp3) is 0.381. The summed E-state index contributed by atoms with van der Waals surface area (Å²) in [5, 5.41) is 3.07. The molecule has 0 aromatic heterocycles. The van der Waals surface area contributed by atoms with Gasteiger partial charge in [0.1, 0.15) is 5.82 Å². The molecule has 0 bridgehead atoms. The van der Waals surface area contributed by atoms with Crippen LogP contribution in [0.15, 0.2) is 54.6 Å². The zero-order valence-corrected chi connectivity index (χ0v) is 14.5. The minimum absolute atomic E-state index is 0.0180. The van der Waals surface area contributed by atoms with Crippen LogP contribution in [0, 0.1) is 5.82 Å². The molecule has 2 aromatic carbocycles. The van der Waals surface area contributed by atoms with Crippen LogP contribution >= 0.6 is 0 Å². The van der Waals surface area contributed by atoms with E-state index in [1.807, 2.05) is 24.3 Å². The normalized spacial score (nSPS) is 15.9. The molecule has 0 spiro atoms. The standard InChI is InChI=1S/C21H25FN2O/c22-19-10-6-7-17(15-19)11-12-21(25)23-16-20(24-13-4-5-14-24)18-8-2-1-3-9-18/h1-3,6-10,15,20H,4-5,11-14,16H2,(H,23,25). The van der Waals surface area contributed by atoms with Crippen LogP contribution in [0.2, 0.25) is 0 Å². The third-order valence-electron chi connectivity index (χ3n) is 4.79. The van der Waals surface area contributed by atoms with Gasteiger partial charge in [0.2, 0.25) is 5.91 Å². The van der Waals surface area contributed by atoms with Crippen molar-refractivity contribution in [3.05, 3.63) is 71.5 Å². The highest BCUT2D eigenvalue weighted by Gasteiger charge is 2.23. The van der Waals surface area contributed by atoms with Crippen molar-refractivity contribution in [2.45, 2.75) is 31.7 Å². The smallest absolute Gasteiger partial charge is 0.220 e. The second kappa shape index (κ2) is 8.77. The number of nitrogens with zero attached hydrogens (tertiary/aromatic N) is 1. The summed E-state index contributed by atoms with van der Waals surface area (Å²) >= 11 is 0. The Balaban J connectivity index is 1.54. The molecule has 1 saturated heterocycles. The van der Waals surface area contributed by atoms with Crippen LogP contribution in [0.3, 0.4) is 0 Å². The van der Waals surface area contributed by atoms with Crippen LogP contribution in [-0.2, 0) is 11.2 Å². The van der Waals surface area contributed by atoms with Gasteiger partial charge in [0, 0.05) is 13.0 Å². The number of benzene rings is 2. The number of amides is 1. The Labute approximate surface area is 148 Å².